The molecule has 2 rings (SSSR count). The zero-order chi connectivity index (χ0) is 11.5. The van der Waals surface area contributed by atoms with Gasteiger partial charge in [-0.3, -0.25) is 0 Å². The molecule has 0 aliphatic heterocycles. The first-order valence-corrected chi connectivity index (χ1v) is 5.12. The fourth-order valence-corrected chi connectivity index (χ4v) is 1.57. The van der Waals surface area contributed by atoms with Gasteiger partial charge in [0.05, 0.1) is 5.69 Å². The van der Waals surface area contributed by atoms with E-state index in [1.165, 1.54) is 0 Å². The van der Waals surface area contributed by atoms with Gasteiger partial charge in [-0.05, 0) is 17.3 Å². The number of benzene rings is 1. The fourth-order valence-electron chi connectivity index (χ4n) is 1.57. The lowest BCUT2D eigenvalue weighted by Crippen LogP contribution is -2.12. The highest BCUT2D eigenvalue weighted by Crippen LogP contribution is 2.33. The smallest absolute Gasteiger partial charge is 0.264 e. The number of rotatable bonds is 4. The second-order valence-corrected chi connectivity index (χ2v) is 3.67. The Morgan fingerprint density at radius 3 is 2.94 bits per heavy atom. The maximum absolute atomic E-state index is 5.44. The summed E-state index contributed by atoms with van der Waals surface area (Å²) in [6, 6.07) is 5.79. The lowest BCUT2D eigenvalue weighted by molar-refractivity contribution is 0.293. The van der Waals surface area contributed by atoms with Crippen molar-refractivity contribution in [2.45, 2.75) is 0 Å². The minimum atomic E-state index is 0.434. The molecule has 1 heterocycles. The Hall–Kier alpha value is -1.75. The molecule has 2 N–H and O–H groups in total. The van der Waals surface area contributed by atoms with Crippen molar-refractivity contribution in [2.24, 2.45) is 5.73 Å². The van der Waals surface area contributed by atoms with E-state index in [-0.39, 0.29) is 0 Å². The Balaban J connectivity index is 2.50. The van der Waals surface area contributed by atoms with Crippen LogP contribution in [0.15, 0.2) is 22.7 Å². The van der Waals surface area contributed by atoms with E-state index in [1.807, 2.05) is 37.2 Å². The van der Waals surface area contributed by atoms with E-state index in [2.05, 4.69) is 5.16 Å². The molecule has 1 aromatic carbocycles. The van der Waals surface area contributed by atoms with Gasteiger partial charge in [0.2, 0.25) is 0 Å². The molecule has 0 atom stereocenters. The van der Waals surface area contributed by atoms with Crippen LogP contribution in [0.3, 0.4) is 0 Å². The number of aromatic nitrogens is 1. The first-order valence-electron chi connectivity index (χ1n) is 5.12. The van der Waals surface area contributed by atoms with Crippen LogP contribution in [0.4, 0.5) is 5.69 Å². The summed E-state index contributed by atoms with van der Waals surface area (Å²) in [5.74, 6) is 0.504. The van der Waals surface area contributed by atoms with Crippen LogP contribution in [0, 0.1) is 0 Å². The third-order valence-electron chi connectivity index (χ3n) is 2.28. The Morgan fingerprint density at radius 2 is 2.25 bits per heavy atom. The first kappa shape index (κ1) is 10.8. The molecule has 16 heavy (non-hydrogen) atoms. The van der Waals surface area contributed by atoms with Crippen molar-refractivity contribution in [3.63, 3.8) is 0 Å². The first-order chi connectivity index (χ1) is 7.74. The second kappa shape index (κ2) is 4.40. The van der Waals surface area contributed by atoms with Gasteiger partial charge in [-0.15, -0.1) is 0 Å². The van der Waals surface area contributed by atoms with Crippen molar-refractivity contribution in [2.75, 3.05) is 32.1 Å². The minimum Gasteiger partial charge on any atom is -0.474 e. The minimum absolute atomic E-state index is 0.434. The van der Waals surface area contributed by atoms with E-state index in [9.17, 15) is 0 Å². The number of anilines is 1. The second-order valence-electron chi connectivity index (χ2n) is 3.67. The van der Waals surface area contributed by atoms with Crippen molar-refractivity contribution in [1.82, 2.24) is 5.16 Å². The van der Waals surface area contributed by atoms with Crippen molar-refractivity contribution in [3.8, 4) is 5.88 Å². The molecule has 0 unspecified atom stereocenters. The van der Waals surface area contributed by atoms with Gasteiger partial charge in [0.15, 0.2) is 5.58 Å². The van der Waals surface area contributed by atoms with Crippen molar-refractivity contribution < 1.29 is 9.26 Å². The van der Waals surface area contributed by atoms with Crippen LogP contribution in [0.5, 0.6) is 5.88 Å². The van der Waals surface area contributed by atoms with E-state index >= 15 is 0 Å². The molecule has 0 aliphatic rings. The summed E-state index contributed by atoms with van der Waals surface area (Å²) in [5.41, 5.74) is 7.13. The van der Waals surface area contributed by atoms with E-state index in [4.69, 9.17) is 15.0 Å². The Morgan fingerprint density at radius 1 is 1.44 bits per heavy atom. The molecular formula is C11H15N3O2. The van der Waals surface area contributed by atoms with E-state index in [0.29, 0.717) is 19.0 Å². The van der Waals surface area contributed by atoms with Crippen LogP contribution in [-0.2, 0) is 0 Å². The lowest BCUT2D eigenvalue weighted by Gasteiger charge is -2.13. The van der Waals surface area contributed by atoms with E-state index < -0.39 is 0 Å². The average Bonchev–Trinajstić information content (AvgIpc) is 2.69. The van der Waals surface area contributed by atoms with Crippen molar-refractivity contribution >= 4 is 16.7 Å². The molecule has 0 saturated heterocycles. The van der Waals surface area contributed by atoms with Crippen molar-refractivity contribution in [3.05, 3.63) is 18.2 Å². The van der Waals surface area contributed by atoms with E-state index in [1.54, 1.807) is 0 Å². The summed E-state index contributed by atoms with van der Waals surface area (Å²) < 4.78 is 10.6. The molecular weight excluding hydrogens is 206 g/mol. The Labute approximate surface area is 93.8 Å². The number of hydrogen-bond acceptors (Lipinski definition) is 5. The standard InChI is InChI=1S/C11H15N3O2/c1-14(2)8-4-3-5-9-10(8)11(13-16-9)15-7-6-12/h3-5H,6-7,12H2,1-2H3. The summed E-state index contributed by atoms with van der Waals surface area (Å²) in [7, 11) is 3.93. The maximum atomic E-state index is 5.44. The van der Waals surface area contributed by atoms with Crippen LogP contribution in [-0.4, -0.2) is 32.4 Å². The van der Waals surface area contributed by atoms with Gasteiger partial charge in [0, 0.05) is 20.6 Å². The highest BCUT2D eigenvalue weighted by atomic mass is 16.5. The number of nitrogens with zero attached hydrogens (tertiary/aromatic N) is 2. The van der Waals surface area contributed by atoms with Crippen LogP contribution in [0.2, 0.25) is 0 Å². The quantitative estimate of drug-likeness (QED) is 0.841. The molecule has 0 bridgehead atoms. The lowest BCUT2D eigenvalue weighted by atomic mass is 10.2. The molecule has 0 spiro atoms. The molecule has 0 saturated carbocycles. The van der Waals surface area contributed by atoms with Crippen LogP contribution >= 0.6 is 0 Å². The number of ether oxygens (including phenoxy) is 1. The zero-order valence-corrected chi connectivity index (χ0v) is 9.43. The average molecular weight is 221 g/mol. The molecule has 1 aromatic heterocycles. The normalized spacial score (nSPS) is 10.7. The molecule has 0 aliphatic carbocycles. The molecule has 0 radical (unpaired) electrons. The molecule has 5 heteroatoms. The largest absolute Gasteiger partial charge is 0.474 e. The van der Waals surface area contributed by atoms with Gasteiger partial charge in [-0.1, -0.05) is 6.07 Å². The highest BCUT2D eigenvalue weighted by Gasteiger charge is 2.14. The predicted octanol–water partition coefficient (Wildman–Crippen LogP) is 1.23. The Kier molecular flexibility index (Phi) is 2.96. The molecule has 86 valence electrons. The summed E-state index contributed by atoms with van der Waals surface area (Å²) in [5, 5.41) is 4.79. The Bertz CT molecular complexity index is 479. The fraction of sp³-hybridized carbons (Fsp3) is 0.364. The number of fused-ring (bicyclic) bond motifs is 1. The van der Waals surface area contributed by atoms with Gasteiger partial charge in [0.1, 0.15) is 12.0 Å². The third-order valence-corrected chi connectivity index (χ3v) is 2.28. The van der Waals surface area contributed by atoms with Gasteiger partial charge in [0.25, 0.3) is 5.88 Å². The molecule has 2 aromatic rings. The summed E-state index contributed by atoms with van der Waals surface area (Å²) in [6.45, 7) is 0.891. The van der Waals surface area contributed by atoms with Gasteiger partial charge in [-0.25, -0.2) is 0 Å². The van der Waals surface area contributed by atoms with Gasteiger partial charge in [-0.2, -0.15) is 0 Å². The van der Waals surface area contributed by atoms with Crippen molar-refractivity contribution in [1.29, 1.82) is 0 Å². The predicted molar refractivity (Wildman–Crippen MR) is 62.9 cm³/mol. The van der Waals surface area contributed by atoms with Crippen LogP contribution in [0.1, 0.15) is 0 Å². The van der Waals surface area contributed by atoms with Gasteiger partial charge >= 0.3 is 0 Å². The number of hydrogen-bond donors (Lipinski definition) is 1. The van der Waals surface area contributed by atoms with E-state index in [0.717, 1.165) is 16.7 Å². The van der Waals surface area contributed by atoms with Crippen LogP contribution < -0.4 is 15.4 Å². The highest BCUT2D eigenvalue weighted by molar-refractivity contribution is 5.94. The molecule has 0 amide bonds. The SMILES string of the molecule is CN(C)c1cccc2onc(OCCN)c12. The topological polar surface area (TPSA) is 64.5 Å². The molecule has 5 nitrogen and oxygen atoms in total. The number of nitrogens with two attached hydrogens (primary N) is 1. The molecule has 0 fully saturated rings. The zero-order valence-electron chi connectivity index (χ0n) is 9.43. The van der Waals surface area contributed by atoms with Crippen LogP contribution in [0.25, 0.3) is 11.0 Å². The summed E-state index contributed by atoms with van der Waals surface area (Å²) in [4.78, 5) is 1.99. The summed E-state index contributed by atoms with van der Waals surface area (Å²) in [6.07, 6.45) is 0. The van der Waals surface area contributed by atoms with Gasteiger partial charge < -0.3 is 19.9 Å². The monoisotopic (exact) mass is 221 g/mol. The summed E-state index contributed by atoms with van der Waals surface area (Å²) >= 11 is 0. The third kappa shape index (κ3) is 1.81. The maximum Gasteiger partial charge on any atom is 0.264 e.